The maximum Gasteiger partial charge on any atom is 0.179 e. The summed E-state index contributed by atoms with van der Waals surface area (Å²) in [4.78, 5) is 15.3. The zero-order valence-electron chi connectivity index (χ0n) is 30.6. The lowest BCUT2D eigenvalue weighted by Crippen LogP contribution is -2.74. The van der Waals surface area contributed by atoms with E-state index < -0.39 is 8.07 Å². The Bertz CT molecular complexity index is 2850. The number of rotatable bonds is 8. The first-order chi connectivity index (χ1) is 27.8. The van der Waals surface area contributed by atoms with Crippen molar-refractivity contribution in [3.05, 3.63) is 218 Å². The van der Waals surface area contributed by atoms with Gasteiger partial charge in [-0.25, -0.2) is 15.0 Å². The molecule has 4 nitrogen and oxygen atoms in total. The van der Waals surface area contributed by atoms with E-state index >= 15 is 0 Å². The van der Waals surface area contributed by atoms with Crippen molar-refractivity contribution in [2.45, 2.75) is 0 Å². The van der Waals surface area contributed by atoms with E-state index in [0.29, 0.717) is 17.5 Å². The normalized spacial score (nSPS) is 11.6. The summed E-state index contributed by atoms with van der Waals surface area (Å²) in [5, 5.41) is 7.62. The third-order valence-corrected chi connectivity index (χ3v) is 15.5. The van der Waals surface area contributed by atoms with E-state index in [0.717, 1.165) is 22.4 Å². The van der Waals surface area contributed by atoms with Crippen LogP contribution >= 0.6 is 0 Å². The summed E-state index contributed by atoms with van der Waals surface area (Å²) >= 11 is 0. The first-order valence-electron chi connectivity index (χ1n) is 19.0. The second kappa shape index (κ2) is 14.2. The fourth-order valence-corrected chi connectivity index (χ4v) is 13.1. The van der Waals surface area contributed by atoms with E-state index in [2.05, 4.69) is 187 Å². The van der Waals surface area contributed by atoms with Crippen molar-refractivity contribution in [1.29, 1.82) is 0 Å². The summed E-state index contributed by atoms with van der Waals surface area (Å²) in [5.41, 5.74) is 6.36. The minimum Gasteiger partial charge on any atom is -0.309 e. The Hall–Kier alpha value is -7.21. The molecule has 0 fully saturated rings. The molecule has 0 atom stereocenters. The Kier molecular flexibility index (Phi) is 8.47. The third kappa shape index (κ3) is 5.73. The van der Waals surface area contributed by atoms with E-state index in [9.17, 15) is 0 Å². The van der Waals surface area contributed by atoms with Crippen LogP contribution in [-0.2, 0) is 0 Å². The van der Waals surface area contributed by atoms with Crippen molar-refractivity contribution in [3.8, 4) is 39.9 Å². The zero-order valence-corrected chi connectivity index (χ0v) is 31.6. The second-order valence-electron chi connectivity index (χ2n) is 14.0. The Morgan fingerprint density at radius 1 is 0.304 bits per heavy atom. The lowest BCUT2D eigenvalue weighted by Gasteiger charge is -2.34. The predicted molar refractivity (Wildman–Crippen MR) is 234 cm³/mol. The first kappa shape index (κ1) is 33.4. The van der Waals surface area contributed by atoms with Gasteiger partial charge in [0.05, 0.1) is 11.0 Å². The van der Waals surface area contributed by atoms with Crippen molar-refractivity contribution in [1.82, 2.24) is 19.5 Å². The molecule has 2 aromatic heterocycles. The lowest BCUT2D eigenvalue weighted by molar-refractivity contribution is 1.07. The molecule has 0 N–H and O–H groups in total. The molecule has 8 aromatic carbocycles. The summed E-state index contributed by atoms with van der Waals surface area (Å²) in [6.07, 6.45) is 0. The number of benzene rings is 8. The van der Waals surface area contributed by atoms with Crippen LogP contribution in [0.2, 0.25) is 0 Å². The molecule has 2 heterocycles. The van der Waals surface area contributed by atoms with Crippen LogP contribution in [-0.4, -0.2) is 27.6 Å². The molecule has 0 unspecified atom stereocenters. The number of hydrogen-bond acceptors (Lipinski definition) is 3. The van der Waals surface area contributed by atoms with Gasteiger partial charge >= 0.3 is 0 Å². The quantitative estimate of drug-likeness (QED) is 0.116. The molecule has 0 aliphatic carbocycles. The molecule has 0 aliphatic rings. The van der Waals surface area contributed by atoms with Crippen molar-refractivity contribution >= 4 is 50.6 Å². The molecule has 0 bridgehead atoms. The van der Waals surface area contributed by atoms with Gasteiger partial charge in [-0.1, -0.05) is 194 Å². The van der Waals surface area contributed by atoms with Crippen molar-refractivity contribution in [2.75, 3.05) is 0 Å². The van der Waals surface area contributed by atoms with E-state index in [1.165, 1.54) is 42.6 Å². The molecular formula is C51H36N4Si. The molecule has 0 saturated carbocycles. The highest BCUT2D eigenvalue weighted by molar-refractivity contribution is 7.20. The number of fused-ring (bicyclic) bond motifs is 3. The summed E-state index contributed by atoms with van der Waals surface area (Å²) in [5.74, 6) is 1.94. The number of nitrogens with zero attached hydrogens (tertiary/aromatic N) is 4. The van der Waals surface area contributed by atoms with Gasteiger partial charge in [-0.2, -0.15) is 0 Å². The van der Waals surface area contributed by atoms with Gasteiger partial charge in [0.2, 0.25) is 0 Å². The lowest BCUT2D eigenvalue weighted by atomic mass is 10.1. The molecule has 10 aromatic rings. The van der Waals surface area contributed by atoms with E-state index in [1.54, 1.807) is 0 Å². The molecule has 0 saturated heterocycles. The highest BCUT2D eigenvalue weighted by atomic mass is 28.3. The minimum absolute atomic E-state index is 0.642. The number of hydrogen-bond donors (Lipinski definition) is 0. The molecular weight excluding hydrogens is 697 g/mol. The highest BCUT2D eigenvalue weighted by Gasteiger charge is 2.42. The van der Waals surface area contributed by atoms with E-state index in [-0.39, 0.29) is 0 Å². The van der Waals surface area contributed by atoms with Crippen LogP contribution in [0.3, 0.4) is 0 Å². The average molecular weight is 733 g/mol. The van der Waals surface area contributed by atoms with Gasteiger partial charge in [-0.05, 0) is 45.0 Å². The molecule has 5 heteroatoms. The van der Waals surface area contributed by atoms with E-state index in [1.807, 2.05) is 36.4 Å². The zero-order chi connectivity index (χ0) is 37.3. The van der Waals surface area contributed by atoms with Gasteiger partial charge in [-0.15, -0.1) is 0 Å². The summed E-state index contributed by atoms with van der Waals surface area (Å²) in [7, 11) is -2.99. The maximum absolute atomic E-state index is 5.14. The molecule has 264 valence electrons. The summed E-state index contributed by atoms with van der Waals surface area (Å²) in [6, 6.07) is 78.1. The monoisotopic (exact) mass is 732 g/mol. The standard InChI is InChI=1S/C51H36N4Si/c1-6-19-37(20-7-1)49-52-50(38-21-8-2-9-22-38)54-51(53-49)39-23-18-30-43(35-39)56(41-26-12-4-13-27-41,42-28-14-5-15-29-42)44-33-34-46-45-31-16-17-32-47(45)55(48(46)36-44)40-24-10-3-11-25-40/h1-36H. The van der Waals surface area contributed by atoms with Gasteiger partial charge in [0.15, 0.2) is 25.5 Å². The summed E-state index contributed by atoms with van der Waals surface area (Å²) in [6.45, 7) is 0. The van der Waals surface area contributed by atoms with Crippen molar-refractivity contribution < 1.29 is 0 Å². The van der Waals surface area contributed by atoms with Gasteiger partial charge in [0.1, 0.15) is 0 Å². The van der Waals surface area contributed by atoms with Crippen LogP contribution in [0.4, 0.5) is 0 Å². The Balaban J connectivity index is 1.26. The average Bonchev–Trinajstić information content (AvgIpc) is 3.62. The molecule has 56 heavy (non-hydrogen) atoms. The third-order valence-electron chi connectivity index (χ3n) is 10.8. The maximum atomic E-state index is 5.14. The van der Waals surface area contributed by atoms with Crippen molar-refractivity contribution in [2.24, 2.45) is 0 Å². The van der Waals surface area contributed by atoms with E-state index in [4.69, 9.17) is 15.0 Å². The van der Waals surface area contributed by atoms with Crippen LogP contribution in [0.5, 0.6) is 0 Å². The fourth-order valence-electron chi connectivity index (χ4n) is 8.26. The SMILES string of the molecule is c1ccc(-c2nc(-c3ccccc3)nc(-c3cccc([Si](c4ccccc4)(c4ccccc4)c4ccc5c6ccccc6n(-c6ccccc6)c5c4)c3)n2)cc1. The van der Waals surface area contributed by atoms with Gasteiger partial charge in [-0.3, -0.25) is 0 Å². The van der Waals surface area contributed by atoms with Crippen LogP contribution in [0.25, 0.3) is 61.7 Å². The predicted octanol–water partition coefficient (Wildman–Crippen LogP) is 9.35. The largest absolute Gasteiger partial charge is 0.309 e. The van der Waals surface area contributed by atoms with Crippen LogP contribution in [0.15, 0.2) is 218 Å². The van der Waals surface area contributed by atoms with Crippen LogP contribution in [0, 0.1) is 0 Å². The highest BCUT2D eigenvalue weighted by Crippen LogP contribution is 2.32. The smallest absolute Gasteiger partial charge is 0.179 e. The van der Waals surface area contributed by atoms with Gasteiger partial charge in [0.25, 0.3) is 0 Å². The molecule has 0 radical (unpaired) electrons. The first-order valence-corrected chi connectivity index (χ1v) is 21.0. The minimum atomic E-state index is -2.99. The number of para-hydroxylation sites is 2. The summed E-state index contributed by atoms with van der Waals surface area (Å²) < 4.78 is 2.42. The molecule has 10 rings (SSSR count). The van der Waals surface area contributed by atoms with Crippen molar-refractivity contribution in [3.63, 3.8) is 0 Å². The molecule has 0 amide bonds. The Morgan fingerprint density at radius 2 is 0.732 bits per heavy atom. The van der Waals surface area contributed by atoms with Gasteiger partial charge < -0.3 is 4.57 Å². The molecule has 0 aliphatic heterocycles. The number of aromatic nitrogens is 4. The topological polar surface area (TPSA) is 43.6 Å². The van der Waals surface area contributed by atoms with Gasteiger partial charge in [0, 0.05) is 33.2 Å². The fraction of sp³-hybridized carbons (Fsp3) is 0. The van der Waals surface area contributed by atoms with Crippen LogP contribution < -0.4 is 20.7 Å². The van der Waals surface area contributed by atoms with Crippen LogP contribution in [0.1, 0.15) is 0 Å². The Morgan fingerprint density at radius 3 is 1.32 bits per heavy atom. The molecule has 0 spiro atoms. The Labute approximate surface area is 327 Å². The second-order valence-corrected chi connectivity index (χ2v) is 17.8.